The Morgan fingerprint density at radius 1 is 0.800 bits per heavy atom. The third-order valence-electron chi connectivity index (χ3n) is 5.61. The predicted molar refractivity (Wildman–Crippen MR) is 125 cm³/mol. The Morgan fingerprint density at radius 3 is 2.23 bits per heavy atom. The number of benzene rings is 3. The molecule has 156 valence electrons. The Balaban J connectivity index is 1.28. The summed E-state index contributed by atoms with van der Waals surface area (Å²) in [5, 5.41) is 3.52. The number of piperazine rings is 1. The van der Waals surface area contributed by atoms with Crippen molar-refractivity contribution in [3.05, 3.63) is 90.0 Å². The molecule has 1 fully saturated rings. The standard InChI is InChI=1S/C26H31N3O/c1-2-30-26-11-7-6-10-23(26)20-27-24-12-14-25(15-13-24)29-18-16-28(17-19-29)21-22-8-4-3-5-9-22/h3-15,27H,2,16-21H2,1H3. The zero-order valence-electron chi connectivity index (χ0n) is 17.8. The molecule has 1 aliphatic heterocycles. The second-order valence-corrected chi connectivity index (χ2v) is 7.69. The molecular formula is C26H31N3O. The van der Waals surface area contributed by atoms with Crippen LogP contribution in [0.1, 0.15) is 18.1 Å². The van der Waals surface area contributed by atoms with Crippen LogP contribution in [0, 0.1) is 0 Å². The molecule has 0 aliphatic carbocycles. The Labute approximate surface area is 180 Å². The SMILES string of the molecule is CCOc1ccccc1CNc1ccc(N2CCN(Cc3ccccc3)CC2)cc1. The van der Waals surface area contributed by atoms with Crippen molar-refractivity contribution in [2.45, 2.75) is 20.0 Å². The minimum Gasteiger partial charge on any atom is -0.494 e. The van der Waals surface area contributed by atoms with Gasteiger partial charge in [-0.15, -0.1) is 0 Å². The predicted octanol–water partition coefficient (Wildman–Crippen LogP) is 5.02. The van der Waals surface area contributed by atoms with Crippen molar-refractivity contribution in [1.29, 1.82) is 0 Å². The Kier molecular flexibility index (Phi) is 6.88. The van der Waals surface area contributed by atoms with Gasteiger partial charge in [-0.1, -0.05) is 48.5 Å². The molecule has 0 atom stereocenters. The molecular weight excluding hydrogens is 370 g/mol. The lowest BCUT2D eigenvalue weighted by Crippen LogP contribution is -2.45. The monoisotopic (exact) mass is 401 g/mol. The topological polar surface area (TPSA) is 27.7 Å². The molecule has 4 nitrogen and oxygen atoms in total. The van der Waals surface area contributed by atoms with Gasteiger partial charge in [-0.2, -0.15) is 0 Å². The molecule has 0 aromatic heterocycles. The Morgan fingerprint density at radius 2 is 1.50 bits per heavy atom. The summed E-state index contributed by atoms with van der Waals surface area (Å²) < 4.78 is 5.72. The van der Waals surface area contributed by atoms with Crippen LogP contribution in [0.5, 0.6) is 5.75 Å². The summed E-state index contributed by atoms with van der Waals surface area (Å²) in [7, 11) is 0. The normalized spacial score (nSPS) is 14.5. The number of nitrogens with zero attached hydrogens (tertiary/aromatic N) is 2. The van der Waals surface area contributed by atoms with Crippen LogP contribution in [0.25, 0.3) is 0 Å². The van der Waals surface area contributed by atoms with E-state index in [0.717, 1.165) is 50.7 Å². The lowest BCUT2D eigenvalue weighted by molar-refractivity contribution is 0.250. The van der Waals surface area contributed by atoms with Gasteiger partial charge in [0.25, 0.3) is 0 Å². The van der Waals surface area contributed by atoms with Crippen molar-refractivity contribution in [1.82, 2.24) is 4.90 Å². The van der Waals surface area contributed by atoms with Crippen molar-refractivity contribution in [3.8, 4) is 5.75 Å². The lowest BCUT2D eigenvalue weighted by Gasteiger charge is -2.36. The van der Waals surface area contributed by atoms with Gasteiger partial charge in [0.05, 0.1) is 6.61 Å². The molecule has 3 aromatic carbocycles. The van der Waals surface area contributed by atoms with E-state index in [0.29, 0.717) is 6.61 Å². The third kappa shape index (κ3) is 5.33. The van der Waals surface area contributed by atoms with Crippen molar-refractivity contribution in [2.75, 3.05) is 43.0 Å². The number of para-hydroxylation sites is 1. The van der Waals surface area contributed by atoms with Crippen LogP contribution in [0.4, 0.5) is 11.4 Å². The fourth-order valence-corrected chi connectivity index (χ4v) is 3.94. The molecule has 1 saturated heterocycles. The molecule has 0 spiro atoms. The Hall–Kier alpha value is -2.98. The summed E-state index contributed by atoms with van der Waals surface area (Å²) in [5.74, 6) is 0.956. The first kappa shape index (κ1) is 20.3. The smallest absolute Gasteiger partial charge is 0.124 e. The van der Waals surface area contributed by atoms with E-state index in [4.69, 9.17) is 4.74 Å². The average Bonchev–Trinajstić information content (AvgIpc) is 2.80. The van der Waals surface area contributed by atoms with Crippen molar-refractivity contribution >= 4 is 11.4 Å². The summed E-state index contributed by atoms with van der Waals surface area (Å²) >= 11 is 0. The maximum Gasteiger partial charge on any atom is 0.124 e. The fraction of sp³-hybridized carbons (Fsp3) is 0.308. The molecule has 1 aliphatic rings. The summed E-state index contributed by atoms with van der Waals surface area (Å²) in [6.45, 7) is 8.85. The average molecular weight is 402 g/mol. The highest BCUT2D eigenvalue weighted by atomic mass is 16.5. The van der Waals surface area contributed by atoms with Gasteiger partial charge in [-0.25, -0.2) is 0 Å². The minimum atomic E-state index is 0.685. The van der Waals surface area contributed by atoms with Gasteiger partial charge in [-0.3, -0.25) is 4.90 Å². The molecule has 30 heavy (non-hydrogen) atoms. The van der Waals surface area contributed by atoms with Crippen LogP contribution < -0.4 is 15.0 Å². The van der Waals surface area contributed by atoms with Crippen LogP contribution in [-0.4, -0.2) is 37.7 Å². The molecule has 1 N–H and O–H groups in total. The molecule has 0 radical (unpaired) electrons. The number of rotatable bonds is 8. The minimum absolute atomic E-state index is 0.685. The van der Waals surface area contributed by atoms with Crippen LogP contribution in [0.2, 0.25) is 0 Å². The van der Waals surface area contributed by atoms with E-state index in [-0.39, 0.29) is 0 Å². The maximum atomic E-state index is 5.72. The highest BCUT2D eigenvalue weighted by Gasteiger charge is 2.17. The molecule has 3 aromatic rings. The first-order chi connectivity index (χ1) is 14.8. The number of nitrogens with one attached hydrogen (secondary N) is 1. The third-order valence-corrected chi connectivity index (χ3v) is 5.61. The fourth-order valence-electron chi connectivity index (χ4n) is 3.94. The van der Waals surface area contributed by atoms with Crippen molar-refractivity contribution < 1.29 is 4.74 Å². The Bertz CT molecular complexity index is 903. The summed E-state index contributed by atoms with van der Waals surface area (Å²) in [5.41, 5.74) is 5.01. The van der Waals surface area contributed by atoms with Gasteiger partial charge in [-0.05, 0) is 42.8 Å². The quantitative estimate of drug-likeness (QED) is 0.574. The summed E-state index contributed by atoms with van der Waals surface area (Å²) in [4.78, 5) is 5.02. The van der Waals surface area contributed by atoms with E-state index in [2.05, 4.69) is 81.8 Å². The summed E-state index contributed by atoms with van der Waals surface area (Å²) in [6.07, 6.45) is 0. The van der Waals surface area contributed by atoms with Gasteiger partial charge < -0.3 is 15.0 Å². The van der Waals surface area contributed by atoms with E-state index in [1.807, 2.05) is 19.1 Å². The number of hydrogen-bond acceptors (Lipinski definition) is 4. The zero-order chi connectivity index (χ0) is 20.6. The highest BCUT2D eigenvalue weighted by molar-refractivity contribution is 5.55. The molecule has 4 rings (SSSR count). The molecule has 0 bridgehead atoms. The van der Waals surface area contributed by atoms with Gasteiger partial charge in [0.15, 0.2) is 0 Å². The first-order valence-corrected chi connectivity index (χ1v) is 10.9. The number of hydrogen-bond donors (Lipinski definition) is 1. The van der Waals surface area contributed by atoms with E-state index >= 15 is 0 Å². The molecule has 0 amide bonds. The van der Waals surface area contributed by atoms with E-state index in [1.54, 1.807) is 0 Å². The molecule has 4 heteroatoms. The van der Waals surface area contributed by atoms with Gasteiger partial charge in [0.2, 0.25) is 0 Å². The lowest BCUT2D eigenvalue weighted by atomic mass is 10.1. The number of anilines is 2. The first-order valence-electron chi connectivity index (χ1n) is 10.9. The van der Waals surface area contributed by atoms with Crippen molar-refractivity contribution in [2.24, 2.45) is 0 Å². The molecule has 1 heterocycles. The highest BCUT2D eigenvalue weighted by Crippen LogP contribution is 2.22. The van der Waals surface area contributed by atoms with Gasteiger partial charge >= 0.3 is 0 Å². The van der Waals surface area contributed by atoms with Crippen molar-refractivity contribution in [3.63, 3.8) is 0 Å². The van der Waals surface area contributed by atoms with Crippen LogP contribution in [0.15, 0.2) is 78.9 Å². The van der Waals surface area contributed by atoms with Crippen LogP contribution in [0.3, 0.4) is 0 Å². The van der Waals surface area contributed by atoms with Crippen LogP contribution in [-0.2, 0) is 13.1 Å². The van der Waals surface area contributed by atoms with Crippen LogP contribution >= 0.6 is 0 Å². The molecule has 0 unspecified atom stereocenters. The number of ether oxygens (including phenoxy) is 1. The molecule has 0 saturated carbocycles. The van der Waals surface area contributed by atoms with E-state index in [9.17, 15) is 0 Å². The van der Waals surface area contributed by atoms with Gasteiger partial charge in [0.1, 0.15) is 5.75 Å². The zero-order valence-corrected chi connectivity index (χ0v) is 17.8. The largest absolute Gasteiger partial charge is 0.494 e. The second kappa shape index (κ2) is 10.2. The van der Waals surface area contributed by atoms with Gasteiger partial charge in [0, 0.05) is 56.2 Å². The van der Waals surface area contributed by atoms with E-state index < -0.39 is 0 Å². The maximum absolute atomic E-state index is 5.72. The summed E-state index contributed by atoms with van der Waals surface area (Å²) in [6, 6.07) is 27.8. The second-order valence-electron chi connectivity index (χ2n) is 7.69. The van der Waals surface area contributed by atoms with E-state index in [1.165, 1.54) is 16.8 Å².